The number of benzene rings is 2. The summed E-state index contributed by atoms with van der Waals surface area (Å²) in [5.41, 5.74) is 10.4. The van der Waals surface area contributed by atoms with Gasteiger partial charge in [0.2, 0.25) is 7.98 Å². The average Bonchev–Trinajstić information content (AvgIpc) is 3.08. The molecule has 0 saturated carbocycles. The summed E-state index contributed by atoms with van der Waals surface area (Å²) in [7, 11) is 6.68. The highest BCUT2D eigenvalue weighted by molar-refractivity contribution is 6.17. The van der Waals surface area contributed by atoms with Gasteiger partial charge in [0.05, 0.1) is 5.70 Å². The van der Waals surface area contributed by atoms with E-state index in [1.165, 1.54) is 22.3 Å². The molecule has 2 nitrogen and oxygen atoms in total. The van der Waals surface area contributed by atoms with Gasteiger partial charge in [-0.3, -0.25) is 4.99 Å². The second-order valence-corrected chi connectivity index (χ2v) is 7.71. The van der Waals surface area contributed by atoms with Gasteiger partial charge in [0.25, 0.3) is 0 Å². The first-order valence-corrected chi connectivity index (χ1v) is 9.85. The first-order chi connectivity index (χ1) is 13.4. The molecule has 3 heteroatoms. The fourth-order valence-electron chi connectivity index (χ4n) is 4.40. The lowest BCUT2D eigenvalue weighted by Crippen LogP contribution is -1.98. The molecule has 28 heavy (non-hydrogen) atoms. The SMILES string of the molecule is [B]n1c(/C=C2\N=C(C)C(CC)=C2C)c2ccccc2c1-c1cc(C)cc(C)c1. The maximum absolute atomic E-state index is 6.68. The standard InChI is InChI=1S/C25H25BN2/c1-6-20-17(4)23(27-18(20)5)14-24-21-9-7-8-10-22(21)25(28(24)26)19-12-15(2)11-16(3)13-19/h7-14H,6H2,1-5H3/b23-14-. The summed E-state index contributed by atoms with van der Waals surface area (Å²) in [4.78, 5) is 4.81. The Kier molecular flexibility index (Phi) is 4.62. The molecule has 3 aromatic rings. The fourth-order valence-corrected chi connectivity index (χ4v) is 4.40. The fraction of sp³-hybridized carbons (Fsp3) is 0.240. The number of nitrogens with zero attached hydrogens (tertiary/aromatic N) is 2. The van der Waals surface area contributed by atoms with Crippen molar-refractivity contribution in [2.24, 2.45) is 4.99 Å². The van der Waals surface area contributed by atoms with Gasteiger partial charge in [-0.15, -0.1) is 0 Å². The Bertz CT molecular complexity index is 1170. The first-order valence-electron chi connectivity index (χ1n) is 9.85. The van der Waals surface area contributed by atoms with Gasteiger partial charge in [-0.25, -0.2) is 0 Å². The van der Waals surface area contributed by atoms with Crippen LogP contribution < -0.4 is 0 Å². The Labute approximate surface area is 168 Å². The van der Waals surface area contributed by atoms with Crippen molar-refractivity contribution < 1.29 is 0 Å². The predicted octanol–water partition coefficient (Wildman–Crippen LogP) is 6.40. The summed E-state index contributed by atoms with van der Waals surface area (Å²) in [6.07, 6.45) is 3.13. The van der Waals surface area contributed by atoms with Crippen LogP contribution in [0.1, 0.15) is 44.0 Å². The minimum atomic E-state index is 0.994. The lowest BCUT2D eigenvalue weighted by atomic mass is 10.0. The number of rotatable bonds is 3. The zero-order valence-electron chi connectivity index (χ0n) is 17.3. The zero-order valence-corrected chi connectivity index (χ0v) is 17.3. The molecule has 1 aliphatic heterocycles. The van der Waals surface area contributed by atoms with Crippen LogP contribution in [0.25, 0.3) is 28.1 Å². The van der Waals surface area contributed by atoms with Crippen LogP contribution in [-0.4, -0.2) is 18.2 Å². The molecule has 0 saturated heterocycles. The summed E-state index contributed by atoms with van der Waals surface area (Å²) < 4.78 is 1.83. The van der Waals surface area contributed by atoms with E-state index < -0.39 is 0 Å². The molecule has 2 radical (unpaired) electrons. The molecule has 2 aromatic carbocycles. The van der Waals surface area contributed by atoms with E-state index in [-0.39, 0.29) is 0 Å². The van der Waals surface area contributed by atoms with E-state index in [0.717, 1.165) is 45.6 Å². The van der Waals surface area contributed by atoms with Crippen LogP contribution >= 0.6 is 0 Å². The van der Waals surface area contributed by atoms with Gasteiger partial charge in [-0.05, 0) is 69.0 Å². The van der Waals surface area contributed by atoms with E-state index >= 15 is 0 Å². The van der Waals surface area contributed by atoms with Crippen molar-refractivity contribution in [3.63, 3.8) is 0 Å². The van der Waals surface area contributed by atoms with Crippen molar-refractivity contribution >= 4 is 30.5 Å². The molecule has 1 aliphatic rings. The van der Waals surface area contributed by atoms with Gasteiger partial charge in [0.15, 0.2) is 0 Å². The van der Waals surface area contributed by atoms with E-state index in [1.807, 2.05) is 4.48 Å². The molecule has 1 aromatic heterocycles. The number of allylic oxidation sites excluding steroid dienone is 2. The number of hydrogen-bond acceptors (Lipinski definition) is 1. The zero-order chi connectivity index (χ0) is 20.0. The van der Waals surface area contributed by atoms with Crippen LogP contribution in [0, 0.1) is 13.8 Å². The molecule has 0 spiro atoms. The van der Waals surface area contributed by atoms with Crippen LogP contribution in [0.2, 0.25) is 0 Å². The monoisotopic (exact) mass is 364 g/mol. The predicted molar refractivity (Wildman–Crippen MR) is 122 cm³/mol. The summed E-state index contributed by atoms with van der Waals surface area (Å²) in [5.74, 6) is 0. The van der Waals surface area contributed by atoms with E-state index in [9.17, 15) is 0 Å². The maximum Gasteiger partial charge on any atom is 0.234 e. The first kappa shape index (κ1) is 18.6. The molecule has 0 N–H and O–H groups in total. The van der Waals surface area contributed by atoms with Gasteiger partial charge in [-0.2, -0.15) is 0 Å². The molecule has 4 rings (SSSR count). The summed E-state index contributed by atoms with van der Waals surface area (Å²) in [6.45, 7) is 10.7. The number of hydrogen-bond donors (Lipinski definition) is 0. The Balaban J connectivity index is 1.99. The highest BCUT2D eigenvalue weighted by Crippen LogP contribution is 2.37. The number of aryl methyl sites for hydroxylation is 2. The minimum Gasteiger partial charge on any atom is -0.396 e. The number of aliphatic imine (C=N–C) groups is 1. The third-order valence-corrected chi connectivity index (χ3v) is 5.64. The Morgan fingerprint density at radius 2 is 1.61 bits per heavy atom. The molecule has 0 unspecified atom stereocenters. The van der Waals surface area contributed by atoms with Crippen molar-refractivity contribution in [1.29, 1.82) is 0 Å². The highest BCUT2D eigenvalue weighted by Gasteiger charge is 2.19. The van der Waals surface area contributed by atoms with E-state index in [4.69, 9.17) is 13.0 Å². The molecular formula is C25H25BN2. The van der Waals surface area contributed by atoms with E-state index in [0.29, 0.717) is 0 Å². The molecule has 0 atom stereocenters. The second-order valence-electron chi connectivity index (χ2n) is 7.71. The molecule has 2 heterocycles. The Hall–Kier alpha value is -2.81. The van der Waals surface area contributed by atoms with Crippen LogP contribution in [0.4, 0.5) is 0 Å². The third-order valence-electron chi connectivity index (χ3n) is 5.64. The van der Waals surface area contributed by atoms with Gasteiger partial charge in [0.1, 0.15) is 0 Å². The van der Waals surface area contributed by atoms with Crippen molar-refractivity contribution in [3.8, 4) is 11.3 Å². The van der Waals surface area contributed by atoms with Crippen LogP contribution in [0.3, 0.4) is 0 Å². The molecule has 0 aliphatic carbocycles. The third kappa shape index (κ3) is 2.95. The van der Waals surface area contributed by atoms with Crippen molar-refractivity contribution in [1.82, 2.24) is 4.48 Å². The van der Waals surface area contributed by atoms with Gasteiger partial charge >= 0.3 is 0 Å². The van der Waals surface area contributed by atoms with Gasteiger partial charge < -0.3 is 4.48 Å². The minimum absolute atomic E-state index is 0.994. The summed E-state index contributed by atoms with van der Waals surface area (Å²) in [5, 5.41) is 2.31. The van der Waals surface area contributed by atoms with Gasteiger partial charge in [0, 0.05) is 27.9 Å². The summed E-state index contributed by atoms with van der Waals surface area (Å²) in [6, 6.07) is 15.0. The molecular weight excluding hydrogens is 339 g/mol. The average molecular weight is 364 g/mol. The van der Waals surface area contributed by atoms with Crippen LogP contribution in [-0.2, 0) is 0 Å². The molecule has 138 valence electrons. The molecule has 0 fully saturated rings. The van der Waals surface area contributed by atoms with Crippen molar-refractivity contribution in [3.05, 3.63) is 76.1 Å². The largest absolute Gasteiger partial charge is 0.396 e. The summed E-state index contributed by atoms with van der Waals surface area (Å²) >= 11 is 0. The smallest absolute Gasteiger partial charge is 0.234 e. The van der Waals surface area contributed by atoms with E-state index in [1.54, 1.807) is 0 Å². The molecule has 0 amide bonds. The van der Waals surface area contributed by atoms with Crippen LogP contribution in [0.5, 0.6) is 0 Å². The van der Waals surface area contributed by atoms with Crippen molar-refractivity contribution in [2.75, 3.05) is 0 Å². The van der Waals surface area contributed by atoms with Crippen molar-refractivity contribution in [2.45, 2.75) is 41.0 Å². The van der Waals surface area contributed by atoms with Crippen LogP contribution in [0.15, 0.2) is 64.3 Å². The number of fused-ring (bicyclic) bond motifs is 1. The lowest BCUT2D eigenvalue weighted by molar-refractivity contribution is 1.15. The Morgan fingerprint density at radius 1 is 0.964 bits per heavy atom. The quantitative estimate of drug-likeness (QED) is 0.479. The topological polar surface area (TPSA) is 17.3 Å². The number of aromatic nitrogens is 1. The van der Waals surface area contributed by atoms with E-state index in [2.05, 4.69) is 83.2 Å². The lowest BCUT2D eigenvalue weighted by Gasteiger charge is -2.10. The Morgan fingerprint density at radius 3 is 2.21 bits per heavy atom. The second kappa shape index (κ2) is 6.98. The maximum atomic E-state index is 6.68. The van der Waals surface area contributed by atoms with Gasteiger partial charge in [-0.1, -0.05) is 48.4 Å². The normalized spacial score (nSPS) is 15.8. The molecule has 0 bridgehead atoms. The highest BCUT2D eigenvalue weighted by atomic mass is 14.9.